The molecule has 12 heavy (non-hydrogen) atoms. The lowest BCUT2D eigenvalue weighted by Gasteiger charge is -2.19. The molecule has 0 aromatic heterocycles. The van der Waals surface area contributed by atoms with E-state index in [9.17, 15) is 0 Å². The summed E-state index contributed by atoms with van der Waals surface area (Å²) in [4.78, 5) is 2.39. The number of hydrogen-bond acceptors (Lipinski definition) is 3. The van der Waals surface area contributed by atoms with Crippen molar-refractivity contribution >= 4 is 0 Å². The molecule has 0 amide bonds. The fraction of sp³-hybridized carbons (Fsp3) is 1.00. The van der Waals surface area contributed by atoms with E-state index >= 15 is 0 Å². The molecule has 0 radical (unpaired) electrons. The molecule has 1 saturated heterocycles. The van der Waals surface area contributed by atoms with E-state index in [-0.39, 0.29) is 0 Å². The SMILES string of the molecule is COCCC1CN(C)CCCN1. The number of hydrogen-bond donors (Lipinski definition) is 1. The highest BCUT2D eigenvalue weighted by Gasteiger charge is 2.13. The maximum Gasteiger partial charge on any atom is 0.0477 e. The average molecular weight is 172 g/mol. The Labute approximate surface area is 75.1 Å². The van der Waals surface area contributed by atoms with Crippen molar-refractivity contribution in [2.24, 2.45) is 0 Å². The predicted molar refractivity (Wildman–Crippen MR) is 50.4 cm³/mol. The maximum absolute atomic E-state index is 5.06. The molecule has 0 spiro atoms. The highest BCUT2D eigenvalue weighted by molar-refractivity contribution is 4.74. The summed E-state index contributed by atoms with van der Waals surface area (Å²) in [5.41, 5.74) is 0. The van der Waals surface area contributed by atoms with Gasteiger partial charge in [0, 0.05) is 26.3 Å². The number of nitrogens with one attached hydrogen (secondary N) is 1. The van der Waals surface area contributed by atoms with E-state index < -0.39 is 0 Å². The lowest BCUT2D eigenvalue weighted by molar-refractivity contribution is 0.177. The van der Waals surface area contributed by atoms with E-state index in [0.29, 0.717) is 6.04 Å². The lowest BCUT2D eigenvalue weighted by atomic mass is 10.2. The quantitative estimate of drug-likeness (QED) is 0.663. The van der Waals surface area contributed by atoms with Crippen molar-refractivity contribution in [2.75, 3.05) is 40.4 Å². The summed E-state index contributed by atoms with van der Waals surface area (Å²) >= 11 is 0. The van der Waals surface area contributed by atoms with Gasteiger partial charge in [0.25, 0.3) is 0 Å². The van der Waals surface area contributed by atoms with Crippen molar-refractivity contribution in [1.29, 1.82) is 0 Å². The third-order valence-corrected chi connectivity index (χ3v) is 2.35. The maximum atomic E-state index is 5.06. The smallest absolute Gasteiger partial charge is 0.0477 e. The van der Waals surface area contributed by atoms with Crippen LogP contribution in [0.1, 0.15) is 12.8 Å². The minimum atomic E-state index is 0.623. The van der Waals surface area contributed by atoms with Gasteiger partial charge < -0.3 is 15.0 Å². The van der Waals surface area contributed by atoms with Crippen LogP contribution in [0.15, 0.2) is 0 Å². The number of rotatable bonds is 3. The number of likely N-dealkylation sites (N-methyl/N-ethyl adjacent to an activating group) is 1. The molecule has 0 bridgehead atoms. The molecule has 1 aliphatic heterocycles. The lowest BCUT2D eigenvalue weighted by Crippen LogP contribution is -2.36. The van der Waals surface area contributed by atoms with Crippen LogP contribution in [0.2, 0.25) is 0 Å². The molecule has 3 heteroatoms. The van der Waals surface area contributed by atoms with Gasteiger partial charge in [-0.15, -0.1) is 0 Å². The van der Waals surface area contributed by atoms with Crippen LogP contribution < -0.4 is 5.32 Å². The fourth-order valence-corrected chi connectivity index (χ4v) is 1.64. The minimum absolute atomic E-state index is 0.623. The first-order valence-electron chi connectivity index (χ1n) is 4.74. The van der Waals surface area contributed by atoms with Crippen molar-refractivity contribution in [3.05, 3.63) is 0 Å². The molecule has 1 heterocycles. The molecule has 0 aromatic rings. The third-order valence-electron chi connectivity index (χ3n) is 2.35. The Morgan fingerprint density at radius 3 is 3.17 bits per heavy atom. The molecule has 3 nitrogen and oxygen atoms in total. The molecule has 1 atom stereocenters. The first kappa shape index (κ1) is 9.96. The van der Waals surface area contributed by atoms with Crippen LogP contribution >= 0.6 is 0 Å². The first-order valence-corrected chi connectivity index (χ1v) is 4.74. The summed E-state index contributed by atoms with van der Waals surface area (Å²) in [5, 5.41) is 3.53. The van der Waals surface area contributed by atoms with Crippen LogP contribution in [-0.4, -0.2) is 51.3 Å². The van der Waals surface area contributed by atoms with Gasteiger partial charge in [0.05, 0.1) is 0 Å². The molecular weight excluding hydrogens is 152 g/mol. The molecule has 0 aromatic carbocycles. The van der Waals surface area contributed by atoms with Gasteiger partial charge in [-0.1, -0.05) is 0 Å². The van der Waals surface area contributed by atoms with Crippen molar-refractivity contribution in [1.82, 2.24) is 10.2 Å². The van der Waals surface area contributed by atoms with Crippen LogP contribution in [0.3, 0.4) is 0 Å². The van der Waals surface area contributed by atoms with Crippen LogP contribution in [0.5, 0.6) is 0 Å². The van der Waals surface area contributed by atoms with Crippen LogP contribution in [0.4, 0.5) is 0 Å². The number of ether oxygens (including phenoxy) is 1. The Morgan fingerprint density at radius 2 is 2.42 bits per heavy atom. The first-order chi connectivity index (χ1) is 5.83. The highest BCUT2D eigenvalue weighted by Crippen LogP contribution is 2.01. The van der Waals surface area contributed by atoms with Gasteiger partial charge in [0.1, 0.15) is 0 Å². The second kappa shape index (κ2) is 5.51. The van der Waals surface area contributed by atoms with Crippen LogP contribution in [0, 0.1) is 0 Å². The fourth-order valence-electron chi connectivity index (χ4n) is 1.64. The molecule has 1 N–H and O–H groups in total. The summed E-state index contributed by atoms with van der Waals surface area (Å²) in [6.07, 6.45) is 2.39. The Balaban J connectivity index is 2.21. The van der Waals surface area contributed by atoms with Gasteiger partial charge in [-0.25, -0.2) is 0 Å². The molecule has 72 valence electrons. The van der Waals surface area contributed by atoms with E-state index in [0.717, 1.165) is 26.1 Å². The number of methoxy groups -OCH3 is 1. The van der Waals surface area contributed by atoms with Crippen molar-refractivity contribution in [2.45, 2.75) is 18.9 Å². The van der Waals surface area contributed by atoms with E-state index in [1.54, 1.807) is 7.11 Å². The van der Waals surface area contributed by atoms with Crippen molar-refractivity contribution in [3.63, 3.8) is 0 Å². The summed E-state index contributed by atoms with van der Waals surface area (Å²) < 4.78 is 5.06. The molecular formula is C9H20N2O. The third kappa shape index (κ3) is 3.52. The van der Waals surface area contributed by atoms with Crippen molar-refractivity contribution < 1.29 is 4.74 Å². The Morgan fingerprint density at radius 1 is 1.58 bits per heavy atom. The molecule has 0 aliphatic carbocycles. The van der Waals surface area contributed by atoms with Gasteiger partial charge in [0.15, 0.2) is 0 Å². The Bertz CT molecular complexity index is 119. The topological polar surface area (TPSA) is 24.5 Å². The minimum Gasteiger partial charge on any atom is -0.385 e. The van der Waals surface area contributed by atoms with Gasteiger partial charge in [0.2, 0.25) is 0 Å². The summed E-state index contributed by atoms with van der Waals surface area (Å²) in [6.45, 7) is 4.39. The molecule has 1 unspecified atom stereocenters. The van der Waals surface area contributed by atoms with Gasteiger partial charge in [-0.05, 0) is 33.0 Å². The predicted octanol–water partition coefficient (Wildman–Crippen LogP) is 0.317. The second-order valence-corrected chi connectivity index (χ2v) is 3.55. The normalized spacial score (nSPS) is 27.0. The Hall–Kier alpha value is -0.120. The largest absolute Gasteiger partial charge is 0.385 e. The zero-order valence-corrected chi connectivity index (χ0v) is 8.18. The highest BCUT2D eigenvalue weighted by atomic mass is 16.5. The average Bonchev–Trinajstić information content (AvgIpc) is 2.26. The van der Waals surface area contributed by atoms with Gasteiger partial charge in [-0.3, -0.25) is 0 Å². The van der Waals surface area contributed by atoms with Gasteiger partial charge >= 0.3 is 0 Å². The molecule has 1 fully saturated rings. The van der Waals surface area contributed by atoms with E-state index in [1.165, 1.54) is 13.0 Å². The zero-order chi connectivity index (χ0) is 8.81. The van der Waals surface area contributed by atoms with Crippen LogP contribution in [0.25, 0.3) is 0 Å². The summed E-state index contributed by atoms with van der Waals surface area (Å²) in [6, 6.07) is 0.623. The monoisotopic (exact) mass is 172 g/mol. The van der Waals surface area contributed by atoms with Crippen LogP contribution in [-0.2, 0) is 4.74 Å². The van der Waals surface area contributed by atoms with E-state index in [1.807, 2.05) is 0 Å². The molecule has 1 aliphatic rings. The number of nitrogens with zero attached hydrogens (tertiary/aromatic N) is 1. The standard InChI is InChI=1S/C9H20N2O/c1-11-6-3-5-10-9(8-11)4-7-12-2/h9-10H,3-8H2,1-2H3. The van der Waals surface area contributed by atoms with Crippen molar-refractivity contribution in [3.8, 4) is 0 Å². The van der Waals surface area contributed by atoms with E-state index in [4.69, 9.17) is 4.74 Å². The molecule has 0 saturated carbocycles. The zero-order valence-electron chi connectivity index (χ0n) is 8.18. The molecule has 1 rings (SSSR count). The summed E-state index contributed by atoms with van der Waals surface area (Å²) in [5.74, 6) is 0. The van der Waals surface area contributed by atoms with Gasteiger partial charge in [-0.2, -0.15) is 0 Å². The second-order valence-electron chi connectivity index (χ2n) is 3.55. The van der Waals surface area contributed by atoms with E-state index in [2.05, 4.69) is 17.3 Å². The Kier molecular flexibility index (Phi) is 4.58. The summed E-state index contributed by atoms with van der Waals surface area (Å²) in [7, 11) is 3.95.